The van der Waals surface area contributed by atoms with Crippen molar-refractivity contribution in [2.75, 3.05) is 26.4 Å². The van der Waals surface area contributed by atoms with Crippen LogP contribution >= 0.6 is 0 Å². The molecular formula is C31H41N3O5. The molecule has 1 aromatic heterocycles. The van der Waals surface area contributed by atoms with Gasteiger partial charge in [-0.1, -0.05) is 25.5 Å². The number of aromatic hydroxyl groups is 1. The van der Waals surface area contributed by atoms with Crippen LogP contribution in [0.3, 0.4) is 0 Å². The fourth-order valence-electron chi connectivity index (χ4n) is 5.08. The van der Waals surface area contributed by atoms with Crippen molar-refractivity contribution in [3.63, 3.8) is 0 Å². The molecule has 1 unspecified atom stereocenters. The van der Waals surface area contributed by atoms with Gasteiger partial charge >= 0.3 is 0 Å². The molecule has 1 amide bonds. The van der Waals surface area contributed by atoms with E-state index in [9.17, 15) is 9.90 Å². The number of amides is 1. The van der Waals surface area contributed by atoms with Crippen molar-refractivity contribution in [1.29, 1.82) is 0 Å². The smallest absolute Gasteiger partial charge is 0.273 e. The largest absolute Gasteiger partial charge is 0.507 e. The quantitative estimate of drug-likeness (QED) is 0.248. The first-order valence-electron chi connectivity index (χ1n) is 14.0. The first kappa shape index (κ1) is 28.5. The second-order valence-electron chi connectivity index (χ2n) is 10.4. The number of benzene rings is 2. The Labute approximate surface area is 231 Å². The normalized spacial score (nSPS) is 14.8. The molecule has 8 nitrogen and oxygen atoms in total. The highest BCUT2D eigenvalue weighted by molar-refractivity contribution is 6.00. The summed E-state index contributed by atoms with van der Waals surface area (Å²) < 4.78 is 17.7. The molecule has 0 fully saturated rings. The number of aromatic nitrogens is 2. The Kier molecular flexibility index (Phi) is 9.17. The minimum atomic E-state index is -0.413. The van der Waals surface area contributed by atoms with Gasteiger partial charge in [-0.2, -0.15) is 5.10 Å². The Balaban J connectivity index is 1.80. The van der Waals surface area contributed by atoms with Crippen molar-refractivity contribution < 1.29 is 24.1 Å². The van der Waals surface area contributed by atoms with Gasteiger partial charge in [0.1, 0.15) is 17.1 Å². The van der Waals surface area contributed by atoms with E-state index in [4.69, 9.17) is 14.2 Å². The van der Waals surface area contributed by atoms with E-state index in [1.165, 1.54) is 0 Å². The maximum atomic E-state index is 13.7. The lowest BCUT2D eigenvalue weighted by molar-refractivity contribution is 0.0601. The highest BCUT2D eigenvalue weighted by Gasteiger charge is 2.42. The first-order chi connectivity index (χ1) is 18.8. The van der Waals surface area contributed by atoms with Crippen molar-refractivity contribution in [2.45, 2.75) is 73.0 Å². The zero-order chi connectivity index (χ0) is 28.1. The summed E-state index contributed by atoms with van der Waals surface area (Å²) in [5.74, 6) is 1.38. The predicted octanol–water partition coefficient (Wildman–Crippen LogP) is 6.34. The van der Waals surface area contributed by atoms with Crippen molar-refractivity contribution in [1.82, 2.24) is 15.1 Å². The second-order valence-corrected chi connectivity index (χ2v) is 10.4. The molecule has 4 rings (SSSR count). The third-order valence-corrected chi connectivity index (χ3v) is 6.90. The summed E-state index contributed by atoms with van der Waals surface area (Å²) in [5, 5.41) is 18.5. The summed E-state index contributed by atoms with van der Waals surface area (Å²) in [5.41, 5.74) is 5.05. The lowest BCUT2D eigenvalue weighted by Crippen LogP contribution is -2.31. The number of carbonyl (C=O) groups is 1. The Hall–Kier alpha value is -3.52. The summed E-state index contributed by atoms with van der Waals surface area (Å²) in [6.45, 7) is 14.1. The standard InChI is InChI=1S/C31H41N3O5/c1-7-9-14-39-24-12-11-22(18-25(24)37-8-2)29-26-27(23-17-20(5)16-21(6)30(23)35)32-33-28(26)31(36)34(29)13-10-15-38-19(3)4/h11-12,16-19,29,35H,7-10,13-15H2,1-6H3,(H,32,33). The Morgan fingerprint density at radius 1 is 1.05 bits per heavy atom. The Bertz CT molecular complexity index is 1300. The molecule has 0 spiro atoms. The van der Waals surface area contributed by atoms with Crippen LogP contribution in [-0.4, -0.2) is 58.6 Å². The molecule has 0 radical (unpaired) electrons. The number of nitrogens with zero attached hydrogens (tertiary/aromatic N) is 2. The average Bonchev–Trinajstić information content (AvgIpc) is 3.44. The van der Waals surface area contributed by atoms with Crippen LogP contribution in [0.4, 0.5) is 0 Å². The number of carbonyl (C=O) groups excluding carboxylic acids is 1. The lowest BCUT2D eigenvalue weighted by atomic mass is 9.94. The van der Waals surface area contributed by atoms with Crippen molar-refractivity contribution in [2.24, 2.45) is 0 Å². The number of rotatable bonds is 13. The van der Waals surface area contributed by atoms with Crippen LogP contribution < -0.4 is 9.47 Å². The van der Waals surface area contributed by atoms with Crippen LogP contribution in [0, 0.1) is 13.8 Å². The Morgan fingerprint density at radius 3 is 2.56 bits per heavy atom. The topological polar surface area (TPSA) is 96.9 Å². The van der Waals surface area contributed by atoms with Gasteiger partial charge in [-0.3, -0.25) is 9.89 Å². The molecule has 3 aromatic rings. The van der Waals surface area contributed by atoms with Gasteiger partial charge in [0.2, 0.25) is 0 Å². The molecule has 2 heterocycles. The van der Waals surface area contributed by atoms with Gasteiger partial charge in [0.15, 0.2) is 11.5 Å². The summed E-state index contributed by atoms with van der Waals surface area (Å²) in [6, 6.07) is 9.31. The number of aromatic amines is 1. The maximum Gasteiger partial charge on any atom is 0.273 e. The number of nitrogens with one attached hydrogen (secondary N) is 1. The summed E-state index contributed by atoms with van der Waals surface area (Å²) >= 11 is 0. The predicted molar refractivity (Wildman–Crippen MR) is 152 cm³/mol. The zero-order valence-corrected chi connectivity index (χ0v) is 24.0. The van der Waals surface area contributed by atoms with Crippen LogP contribution in [0.1, 0.15) is 85.7 Å². The molecule has 1 atom stereocenters. The fourth-order valence-corrected chi connectivity index (χ4v) is 5.08. The van der Waals surface area contributed by atoms with Crippen LogP contribution in [0.25, 0.3) is 11.3 Å². The van der Waals surface area contributed by atoms with Crippen LogP contribution in [0.2, 0.25) is 0 Å². The molecule has 0 bridgehead atoms. The SMILES string of the molecule is CCCCOc1ccc(C2c3c(-c4cc(C)cc(C)c4O)n[nH]c3C(=O)N2CCCOC(C)C)cc1OCC. The Morgan fingerprint density at radius 2 is 1.85 bits per heavy atom. The third-order valence-electron chi connectivity index (χ3n) is 6.90. The van der Waals surface area contributed by atoms with Crippen LogP contribution in [-0.2, 0) is 4.74 Å². The molecule has 210 valence electrons. The number of fused-ring (bicyclic) bond motifs is 1. The minimum Gasteiger partial charge on any atom is -0.507 e. The number of aryl methyl sites for hydroxylation is 2. The minimum absolute atomic E-state index is 0.122. The third kappa shape index (κ3) is 6.06. The zero-order valence-electron chi connectivity index (χ0n) is 24.0. The lowest BCUT2D eigenvalue weighted by Gasteiger charge is -2.27. The monoisotopic (exact) mass is 535 g/mol. The van der Waals surface area contributed by atoms with Crippen molar-refractivity contribution in [3.8, 4) is 28.5 Å². The molecule has 1 aliphatic heterocycles. The van der Waals surface area contributed by atoms with Gasteiger partial charge < -0.3 is 24.2 Å². The van der Waals surface area contributed by atoms with E-state index in [2.05, 4.69) is 17.1 Å². The number of ether oxygens (including phenoxy) is 3. The van der Waals surface area contributed by atoms with E-state index < -0.39 is 6.04 Å². The molecule has 1 aliphatic rings. The van der Waals surface area contributed by atoms with Crippen LogP contribution in [0.15, 0.2) is 30.3 Å². The molecule has 39 heavy (non-hydrogen) atoms. The van der Waals surface area contributed by atoms with E-state index >= 15 is 0 Å². The molecular weight excluding hydrogens is 494 g/mol. The molecule has 2 aromatic carbocycles. The number of hydrogen-bond donors (Lipinski definition) is 2. The van der Waals surface area contributed by atoms with Gasteiger partial charge in [-0.25, -0.2) is 0 Å². The molecule has 8 heteroatoms. The van der Waals surface area contributed by atoms with Crippen molar-refractivity contribution >= 4 is 5.91 Å². The highest BCUT2D eigenvalue weighted by atomic mass is 16.5. The van der Waals surface area contributed by atoms with E-state index in [0.717, 1.165) is 35.1 Å². The van der Waals surface area contributed by atoms with E-state index in [1.54, 1.807) is 0 Å². The van der Waals surface area contributed by atoms with E-state index in [-0.39, 0.29) is 17.8 Å². The molecule has 2 N–H and O–H groups in total. The number of hydrogen-bond acceptors (Lipinski definition) is 6. The summed E-state index contributed by atoms with van der Waals surface area (Å²) in [4.78, 5) is 15.6. The number of H-pyrrole nitrogens is 1. The van der Waals surface area contributed by atoms with Gasteiger partial charge in [0.05, 0.1) is 25.4 Å². The summed E-state index contributed by atoms with van der Waals surface area (Å²) in [6.07, 6.45) is 2.82. The maximum absolute atomic E-state index is 13.7. The fraction of sp³-hybridized carbons (Fsp3) is 0.484. The number of phenolic OH excluding ortho intramolecular Hbond substituents is 1. The number of phenols is 1. The average molecular weight is 536 g/mol. The van der Waals surface area contributed by atoms with Crippen molar-refractivity contribution in [3.05, 3.63) is 58.3 Å². The van der Waals surface area contributed by atoms with Gasteiger partial charge in [-0.15, -0.1) is 0 Å². The van der Waals surface area contributed by atoms with E-state index in [1.807, 2.05) is 69.9 Å². The second kappa shape index (κ2) is 12.6. The van der Waals surface area contributed by atoms with Gasteiger partial charge in [0.25, 0.3) is 5.91 Å². The molecule has 0 saturated heterocycles. The number of unbranched alkanes of at least 4 members (excludes halogenated alkanes) is 1. The first-order valence-corrected chi connectivity index (χ1v) is 14.0. The van der Waals surface area contributed by atoms with Gasteiger partial charge in [-0.05, 0) is 82.3 Å². The van der Waals surface area contributed by atoms with Crippen LogP contribution in [0.5, 0.6) is 17.2 Å². The molecule has 0 saturated carbocycles. The van der Waals surface area contributed by atoms with E-state index in [0.29, 0.717) is 61.2 Å². The van der Waals surface area contributed by atoms with Gasteiger partial charge in [0, 0.05) is 24.3 Å². The highest BCUT2D eigenvalue weighted by Crippen LogP contribution is 2.46. The summed E-state index contributed by atoms with van der Waals surface area (Å²) in [7, 11) is 0. The molecule has 0 aliphatic carbocycles.